The molecule has 1 unspecified atom stereocenters. The fourth-order valence-electron chi connectivity index (χ4n) is 4.44. The Morgan fingerprint density at radius 2 is 1.34 bits per heavy atom. The molecule has 44 heavy (non-hydrogen) atoms. The van der Waals surface area contributed by atoms with E-state index in [1.165, 1.54) is 7.05 Å². The second-order valence-corrected chi connectivity index (χ2v) is 23.1. The fraction of sp³-hybridized carbons (Fsp3) is 0.545. The van der Waals surface area contributed by atoms with Crippen LogP contribution in [-0.4, -0.2) is 70.3 Å². The number of hydrogen-bond donors (Lipinski definition) is 5. The molecule has 2 aromatic rings. The van der Waals surface area contributed by atoms with Crippen LogP contribution < -0.4 is 16.0 Å². The highest BCUT2D eigenvalue weighted by molar-refractivity contribution is 6.73. The van der Waals surface area contributed by atoms with Crippen molar-refractivity contribution in [3.05, 3.63) is 64.7 Å². The molecule has 0 aliphatic carbocycles. The number of nitrogens with one attached hydrogen (secondary N) is 3. The quantitative estimate of drug-likeness (QED) is 0.182. The summed E-state index contributed by atoms with van der Waals surface area (Å²) in [6, 6.07) is 12.7. The van der Waals surface area contributed by atoms with Crippen LogP contribution in [0.5, 0.6) is 0 Å². The van der Waals surface area contributed by atoms with Gasteiger partial charge in [0.25, 0.3) is 0 Å². The van der Waals surface area contributed by atoms with Crippen molar-refractivity contribution in [1.29, 1.82) is 0 Å². The zero-order valence-corrected chi connectivity index (χ0v) is 30.2. The van der Waals surface area contributed by atoms with Crippen molar-refractivity contribution in [1.82, 2.24) is 10.6 Å². The average molecular weight is 644 g/mol. The first-order chi connectivity index (χ1) is 20.1. The standard InChI is InChI=1S/C33H53N3O6Si2/c1-23-11-16-27(18-26(23)20-33(4,5)44(9,10)41)35-29(37)21-42-22-30(38)36-28(31(39)34-6)17-24-12-14-25(15-13-24)19-32(2,3)43(7,8)40/h11-16,18,28,40-41H,17,19-22H2,1-10H3,(H,34,39)(H,35,37)(H,36,38). The lowest BCUT2D eigenvalue weighted by molar-refractivity contribution is -0.132. The van der Waals surface area contributed by atoms with E-state index in [4.69, 9.17) is 4.74 Å². The Bertz CT molecular complexity index is 1300. The van der Waals surface area contributed by atoms with Crippen molar-refractivity contribution in [2.45, 2.75) is 96.2 Å². The summed E-state index contributed by atoms with van der Waals surface area (Å²) < 4.78 is 5.36. The molecule has 9 nitrogen and oxygen atoms in total. The van der Waals surface area contributed by atoms with E-state index in [1.54, 1.807) is 0 Å². The van der Waals surface area contributed by atoms with Crippen LogP contribution in [0.15, 0.2) is 42.5 Å². The molecule has 0 saturated heterocycles. The first-order valence-electron chi connectivity index (χ1n) is 15.2. The minimum absolute atomic E-state index is 0.191. The molecule has 3 amide bonds. The molecule has 11 heteroatoms. The van der Waals surface area contributed by atoms with E-state index in [9.17, 15) is 24.0 Å². The molecule has 244 valence electrons. The van der Waals surface area contributed by atoms with Gasteiger partial charge < -0.3 is 30.3 Å². The predicted molar refractivity (Wildman–Crippen MR) is 182 cm³/mol. The molecule has 0 bridgehead atoms. The molecule has 1 atom stereocenters. The summed E-state index contributed by atoms with van der Waals surface area (Å²) >= 11 is 0. The van der Waals surface area contributed by atoms with Crippen molar-refractivity contribution in [3.63, 3.8) is 0 Å². The molecular formula is C33H53N3O6Si2. The molecule has 0 heterocycles. The van der Waals surface area contributed by atoms with Crippen molar-refractivity contribution in [3.8, 4) is 0 Å². The summed E-state index contributed by atoms with van der Waals surface area (Å²) in [7, 11) is -3.24. The van der Waals surface area contributed by atoms with Crippen molar-refractivity contribution in [2.75, 3.05) is 25.6 Å². The first kappa shape index (κ1) is 37.4. The van der Waals surface area contributed by atoms with Crippen molar-refractivity contribution < 1.29 is 28.7 Å². The Kier molecular flexibility index (Phi) is 12.7. The van der Waals surface area contributed by atoms with Gasteiger partial charge in [-0.1, -0.05) is 58.0 Å². The van der Waals surface area contributed by atoms with Gasteiger partial charge in [-0.25, -0.2) is 0 Å². The highest BCUT2D eigenvalue weighted by Crippen LogP contribution is 2.40. The average Bonchev–Trinajstić information content (AvgIpc) is 2.89. The normalized spacial score (nSPS) is 13.3. The van der Waals surface area contributed by atoms with Gasteiger partial charge in [-0.3, -0.25) is 14.4 Å². The van der Waals surface area contributed by atoms with E-state index >= 15 is 0 Å². The number of carbonyl (C=O) groups is 3. The molecule has 0 radical (unpaired) electrons. The van der Waals surface area contributed by atoms with Crippen molar-refractivity contribution in [2.24, 2.45) is 0 Å². The third-order valence-electron chi connectivity index (χ3n) is 9.05. The van der Waals surface area contributed by atoms with E-state index in [0.29, 0.717) is 18.5 Å². The van der Waals surface area contributed by atoms with Gasteiger partial charge in [-0.05, 0) is 90.4 Å². The zero-order valence-electron chi connectivity index (χ0n) is 28.2. The number of anilines is 1. The largest absolute Gasteiger partial charge is 0.432 e. The molecule has 2 aromatic carbocycles. The van der Waals surface area contributed by atoms with Gasteiger partial charge in [0, 0.05) is 19.2 Å². The van der Waals surface area contributed by atoms with Gasteiger partial charge in [0.2, 0.25) is 17.7 Å². The molecule has 0 saturated carbocycles. The van der Waals surface area contributed by atoms with Crippen LogP contribution in [0.4, 0.5) is 5.69 Å². The number of amides is 3. The van der Waals surface area contributed by atoms with Gasteiger partial charge >= 0.3 is 0 Å². The van der Waals surface area contributed by atoms with Crippen LogP contribution in [0.3, 0.4) is 0 Å². The highest BCUT2D eigenvalue weighted by Gasteiger charge is 2.39. The molecule has 0 fully saturated rings. The van der Waals surface area contributed by atoms with Crippen LogP contribution >= 0.6 is 0 Å². The minimum Gasteiger partial charge on any atom is -0.432 e. The van der Waals surface area contributed by atoms with Crippen LogP contribution in [0.25, 0.3) is 0 Å². The van der Waals surface area contributed by atoms with Gasteiger partial charge in [-0.15, -0.1) is 0 Å². The number of rotatable bonds is 15. The Hall–Kier alpha value is -2.84. The smallest absolute Gasteiger partial charge is 0.250 e. The Balaban J connectivity index is 1.92. The molecule has 5 N–H and O–H groups in total. The van der Waals surface area contributed by atoms with Gasteiger partial charge in [0.15, 0.2) is 16.6 Å². The van der Waals surface area contributed by atoms with Crippen molar-refractivity contribution >= 4 is 40.0 Å². The monoisotopic (exact) mass is 643 g/mol. The summed E-state index contributed by atoms with van der Waals surface area (Å²) in [6.45, 7) is 17.3. The van der Waals surface area contributed by atoms with Crippen LogP contribution in [0.1, 0.15) is 49.9 Å². The topological polar surface area (TPSA) is 137 Å². The Morgan fingerprint density at radius 1 is 0.818 bits per heavy atom. The highest BCUT2D eigenvalue weighted by atomic mass is 28.4. The van der Waals surface area contributed by atoms with Crippen LogP contribution in [-0.2, 0) is 38.4 Å². The van der Waals surface area contributed by atoms with E-state index in [-0.39, 0.29) is 29.2 Å². The van der Waals surface area contributed by atoms with E-state index in [1.807, 2.05) is 75.6 Å². The Labute approximate surface area is 265 Å². The number of aryl methyl sites for hydroxylation is 1. The molecule has 0 aliphatic rings. The molecular weight excluding hydrogens is 591 g/mol. The lowest BCUT2D eigenvalue weighted by Crippen LogP contribution is -2.48. The Morgan fingerprint density at radius 3 is 1.89 bits per heavy atom. The van der Waals surface area contributed by atoms with Gasteiger partial charge in [-0.2, -0.15) is 0 Å². The lowest BCUT2D eigenvalue weighted by atomic mass is 9.97. The maximum atomic E-state index is 12.6. The zero-order chi connectivity index (χ0) is 33.5. The van der Waals surface area contributed by atoms with Gasteiger partial charge in [0.1, 0.15) is 19.3 Å². The number of hydrogen-bond acceptors (Lipinski definition) is 6. The summed E-state index contributed by atoms with van der Waals surface area (Å²) in [4.78, 5) is 59.0. The maximum absolute atomic E-state index is 12.6. The SMILES string of the molecule is CNC(=O)C(Cc1ccc(CC(C)(C)[Si](C)(C)O)cc1)NC(=O)COCC(=O)Nc1ccc(C)c(CC(C)(C)[Si](C)(C)O)c1. The molecule has 0 aliphatic heterocycles. The predicted octanol–water partition coefficient (Wildman–Crippen LogP) is 4.46. The number of likely N-dealkylation sites (N-methyl/N-ethyl adjacent to an activating group) is 1. The summed E-state index contributed by atoms with van der Waals surface area (Å²) in [5.74, 6) is -1.24. The maximum Gasteiger partial charge on any atom is 0.250 e. The lowest BCUT2D eigenvalue weighted by Gasteiger charge is -2.35. The third kappa shape index (κ3) is 11.0. The van der Waals surface area contributed by atoms with Gasteiger partial charge in [0.05, 0.1) is 0 Å². The van der Waals surface area contributed by atoms with Crippen LogP contribution in [0, 0.1) is 6.92 Å². The molecule has 0 aromatic heterocycles. The summed E-state index contributed by atoms with van der Waals surface area (Å²) in [5.41, 5.74) is 4.74. The summed E-state index contributed by atoms with van der Waals surface area (Å²) in [6.07, 6.45) is 1.72. The second kappa shape index (κ2) is 15.0. The van der Waals surface area contributed by atoms with E-state index < -0.39 is 34.5 Å². The number of carbonyl (C=O) groups excluding carboxylic acids is 3. The van der Waals surface area contributed by atoms with E-state index in [0.717, 1.165) is 28.7 Å². The minimum atomic E-state index is -2.41. The number of benzene rings is 2. The summed E-state index contributed by atoms with van der Waals surface area (Å²) in [5, 5.41) is 7.67. The molecule has 0 spiro atoms. The number of ether oxygens (including phenoxy) is 1. The fourth-order valence-corrected chi connectivity index (χ4v) is 5.70. The van der Waals surface area contributed by atoms with E-state index in [2.05, 4.69) is 43.6 Å². The molecule has 2 rings (SSSR count). The van der Waals surface area contributed by atoms with Crippen LogP contribution in [0.2, 0.25) is 36.3 Å². The second-order valence-electron chi connectivity index (χ2n) is 14.2. The third-order valence-corrected chi connectivity index (χ3v) is 16.0. The first-order valence-corrected chi connectivity index (χ1v) is 21.1.